The van der Waals surface area contributed by atoms with E-state index in [0.717, 1.165) is 0 Å². The van der Waals surface area contributed by atoms with Gasteiger partial charge in [-0.2, -0.15) is 0 Å². The van der Waals surface area contributed by atoms with Gasteiger partial charge in [0.2, 0.25) is 5.95 Å². The lowest BCUT2D eigenvalue weighted by molar-refractivity contribution is 0.251. The first-order valence-corrected chi connectivity index (χ1v) is 6.76. The highest BCUT2D eigenvalue weighted by Crippen LogP contribution is 2.17. The number of benzene rings is 1. The molecule has 0 saturated heterocycles. The summed E-state index contributed by atoms with van der Waals surface area (Å²) >= 11 is 0. The summed E-state index contributed by atoms with van der Waals surface area (Å²) in [4.78, 5) is 22.0. The number of rotatable bonds is 4. The van der Waals surface area contributed by atoms with E-state index in [9.17, 15) is 9.18 Å². The maximum Gasteiger partial charge on any atom is 0.319 e. The molecule has 7 heteroatoms. The first-order chi connectivity index (χ1) is 10.5. The Bertz CT molecular complexity index is 675. The Labute approximate surface area is 128 Å². The highest BCUT2D eigenvalue weighted by atomic mass is 19.1. The molecule has 0 bridgehead atoms. The van der Waals surface area contributed by atoms with Crippen LogP contribution in [0, 0.1) is 12.7 Å². The van der Waals surface area contributed by atoms with E-state index in [0.29, 0.717) is 22.9 Å². The van der Waals surface area contributed by atoms with E-state index < -0.39 is 6.03 Å². The lowest BCUT2D eigenvalue weighted by atomic mass is 10.2. The lowest BCUT2D eigenvalue weighted by Crippen LogP contribution is -2.29. The second-order valence-corrected chi connectivity index (χ2v) is 4.96. The van der Waals surface area contributed by atoms with Crippen LogP contribution in [-0.2, 0) is 6.54 Å². The maximum atomic E-state index is 13.4. The molecule has 2 N–H and O–H groups in total. The first-order valence-electron chi connectivity index (χ1n) is 6.76. The molecule has 1 aromatic heterocycles. The number of carbonyl (C=O) groups excluding carboxylic acids is 1. The molecular weight excluding hydrogens is 285 g/mol. The van der Waals surface area contributed by atoms with Crippen LogP contribution in [0.3, 0.4) is 0 Å². The Hall–Kier alpha value is -2.70. The molecule has 1 heterocycles. The van der Waals surface area contributed by atoms with Crippen molar-refractivity contribution in [1.29, 1.82) is 0 Å². The minimum absolute atomic E-state index is 0.254. The predicted molar refractivity (Wildman–Crippen MR) is 83.4 cm³/mol. The molecule has 1 aromatic carbocycles. The number of anilines is 2. The van der Waals surface area contributed by atoms with E-state index in [-0.39, 0.29) is 12.4 Å². The molecule has 0 aliphatic rings. The van der Waals surface area contributed by atoms with Gasteiger partial charge in [-0.3, -0.25) is 0 Å². The van der Waals surface area contributed by atoms with Crippen LogP contribution < -0.4 is 15.5 Å². The molecule has 22 heavy (non-hydrogen) atoms. The zero-order chi connectivity index (χ0) is 16.1. The quantitative estimate of drug-likeness (QED) is 0.909. The highest BCUT2D eigenvalue weighted by molar-refractivity contribution is 5.89. The van der Waals surface area contributed by atoms with Gasteiger partial charge in [0.1, 0.15) is 5.82 Å². The molecule has 0 atom stereocenters. The fraction of sp³-hybridized carbons (Fsp3) is 0.267. The largest absolute Gasteiger partial charge is 0.347 e. The third kappa shape index (κ3) is 3.91. The van der Waals surface area contributed by atoms with Crippen molar-refractivity contribution in [3.8, 4) is 0 Å². The van der Waals surface area contributed by atoms with Crippen molar-refractivity contribution in [1.82, 2.24) is 15.3 Å². The second kappa shape index (κ2) is 6.84. The summed E-state index contributed by atoms with van der Waals surface area (Å²) in [5.74, 6) is 0.213. The van der Waals surface area contributed by atoms with Gasteiger partial charge in [0.05, 0.1) is 12.2 Å². The number of nitrogens with zero attached hydrogens (tertiary/aromatic N) is 3. The SMILES string of the molecule is Cc1c(F)cccc1NC(=O)NCc1ccnc(N(C)C)n1. The highest BCUT2D eigenvalue weighted by Gasteiger charge is 2.08. The zero-order valence-electron chi connectivity index (χ0n) is 12.7. The van der Waals surface area contributed by atoms with Gasteiger partial charge in [0.15, 0.2) is 0 Å². The standard InChI is InChI=1S/C15H18FN5O/c1-10-12(16)5-4-6-13(10)20-15(22)18-9-11-7-8-17-14(19-11)21(2)3/h4-8H,9H2,1-3H3,(H2,18,20,22). The molecule has 0 saturated carbocycles. The average molecular weight is 303 g/mol. The van der Waals surface area contributed by atoms with Gasteiger partial charge in [0.25, 0.3) is 0 Å². The topological polar surface area (TPSA) is 70.2 Å². The number of urea groups is 1. The van der Waals surface area contributed by atoms with Gasteiger partial charge in [-0.1, -0.05) is 6.07 Å². The van der Waals surface area contributed by atoms with Crippen molar-refractivity contribution in [2.24, 2.45) is 0 Å². The van der Waals surface area contributed by atoms with E-state index in [2.05, 4.69) is 20.6 Å². The van der Waals surface area contributed by atoms with Crippen LogP contribution >= 0.6 is 0 Å². The number of nitrogens with one attached hydrogen (secondary N) is 2. The molecule has 116 valence electrons. The third-order valence-corrected chi connectivity index (χ3v) is 3.05. The normalized spacial score (nSPS) is 10.2. The summed E-state index contributed by atoms with van der Waals surface area (Å²) in [6.07, 6.45) is 1.63. The smallest absolute Gasteiger partial charge is 0.319 e. The summed E-state index contributed by atoms with van der Waals surface area (Å²) in [7, 11) is 3.68. The molecule has 0 aliphatic heterocycles. The van der Waals surface area contributed by atoms with Gasteiger partial charge in [0, 0.05) is 31.5 Å². The molecule has 0 fully saturated rings. The van der Waals surface area contributed by atoms with Crippen molar-refractivity contribution >= 4 is 17.7 Å². The summed E-state index contributed by atoms with van der Waals surface area (Å²) in [6.45, 7) is 1.86. The minimum atomic E-state index is -0.418. The van der Waals surface area contributed by atoms with Crippen molar-refractivity contribution in [3.63, 3.8) is 0 Å². The van der Waals surface area contributed by atoms with Crippen molar-refractivity contribution in [2.75, 3.05) is 24.3 Å². The lowest BCUT2D eigenvalue weighted by Gasteiger charge is -2.12. The Kier molecular flexibility index (Phi) is 4.88. The third-order valence-electron chi connectivity index (χ3n) is 3.05. The minimum Gasteiger partial charge on any atom is -0.347 e. The van der Waals surface area contributed by atoms with Crippen LogP contribution in [0.4, 0.5) is 20.8 Å². The molecule has 0 aliphatic carbocycles. The van der Waals surface area contributed by atoms with E-state index in [1.807, 2.05) is 14.1 Å². The summed E-state index contributed by atoms with van der Waals surface area (Å²) in [6, 6.07) is 5.85. The van der Waals surface area contributed by atoms with Gasteiger partial charge in [-0.25, -0.2) is 19.2 Å². The van der Waals surface area contributed by atoms with E-state index in [1.165, 1.54) is 6.07 Å². The Balaban J connectivity index is 1.96. The molecule has 0 spiro atoms. The van der Waals surface area contributed by atoms with Crippen molar-refractivity contribution < 1.29 is 9.18 Å². The number of aromatic nitrogens is 2. The number of carbonyl (C=O) groups is 1. The Morgan fingerprint density at radius 1 is 1.32 bits per heavy atom. The Morgan fingerprint density at radius 2 is 2.09 bits per heavy atom. The van der Waals surface area contributed by atoms with E-state index in [4.69, 9.17) is 0 Å². The van der Waals surface area contributed by atoms with Crippen LogP contribution in [0.5, 0.6) is 0 Å². The second-order valence-electron chi connectivity index (χ2n) is 4.96. The number of amides is 2. The fourth-order valence-electron chi connectivity index (χ4n) is 1.78. The molecule has 6 nitrogen and oxygen atoms in total. The molecular formula is C15H18FN5O. The van der Waals surface area contributed by atoms with Crippen LogP contribution in [-0.4, -0.2) is 30.1 Å². The summed E-state index contributed by atoms with van der Waals surface area (Å²) in [5.41, 5.74) is 1.52. The van der Waals surface area contributed by atoms with Gasteiger partial charge >= 0.3 is 6.03 Å². The van der Waals surface area contributed by atoms with E-state index >= 15 is 0 Å². The summed E-state index contributed by atoms with van der Waals surface area (Å²) in [5, 5.41) is 5.29. The van der Waals surface area contributed by atoms with Gasteiger partial charge in [-0.05, 0) is 25.1 Å². The molecule has 2 amide bonds. The van der Waals surface area contributed by atoms with Crippen LogP contribution in [0.1, 0.15) is 11.3 Å². The van der Waals surface area contributed by atoms with Crippen molar-refractivity contribution in [2.45, 2.75) is 13.5 Å². The predicted octanol–water partition coefficient (Wildman–Crippen LogP) is 2.31. The summed E-state index contributed by atoms with van der Waals surface area (Å²) < 4.78 is 13.4. The molecule has 2 aromatic rings. The molecule has 2 rings (SSSR count). The maximum absolute atomic E-state index is 13.4. The number of halogens is 1. The van der Waals surface area contributed by atoms with Crippen LogP contribution in [0.25, 0.3) is 0 Å². The number of hydrogen-bond acceptors (Lipinski definition) is 4. The molecule has 0 radical (unpaired) electrons. The monoisotopic (exact) mass is 303 g/mol. The number of hydrogen-bond donors (Lipinski definition) is 2. The van der Waals surface area contributed by atoms with Crippen LogP contribution in [0.15, 0.2) is 30.5 Å². The Morgan fingerprint density at radius 3 is 2.82 bits per heavy atom. The average Bonchev–Trinajstić information content (AvgIpc) is 2.50. The zero-order valence-corrected chi connectivity index (χ0v) is 12.7. The van der Waals surface area contributed by atoms with Crippen molar-refractivity contribution in [3.05, 3.63) is 47.5 Å². The van der Waals surface area contributed by atoms with Gasteiger partial charge < -0.3 is 15.5 Å². The first kappa shape index (κ1) is 15.7. The van der Waals surface area contributed by atoms with E-state index in [1.54, 1.807) is 36.2 Å². The van der Waals surface area contributed by atoms with Crippen LogP contribution in [0.2, 0.25) is 0 Å². The molecule has 0 unspecified atom stereocenters. The van der Waals surface area contributed by atoms with Gasteiger partial charge in [-0.15, -0.1) is 0 Å². The fourth-order valence-corrected chi connectivity index (χ4v) is 1.78.